The summed E-state index contributed by atoms with van der Waals surface area (Å²) in [6.45, 7) is 2.23. The highest BCUT2D eigenvalue weighted by Crippen LogP contribution is 2.21. The monoisotopic (exact) mass is 275 g/mol. The lowest BCUT2D eigenvalue weighted by Gasteiger charge is -2.17. The lowest BCUT2D eigenvalue weighted by Crippen LogP contribution is -2.22. The Bertz CT molecular complexity index is 319. The molecule has 0 atom stereocenters. The van der Waals surface area contributed by atoms with Crippen LogP contribution in [0.25, 0.3) is 0 Å². The molecule has 0 saturated carbocycles. The molecule has 1 rings (SSSR count). The van der Waals surface area contributed by atoms with Gasteiger partial charge in [-0.3, -0.25) is 4.90 Å². The molecule has 0 N–H and O–H groups in total. The Kier molecular flexibility index (Phi) is 5.22. The van der Waals surface area contributed by atoms with Crippen LogP contribution in [0.4, 0.5) is 4.39 Å². The Morgan fingerprint density at radius 2 is 2.20 bits per heavy atom. The zero-order valence-corrected chi connectivity index (χ0v) is 10.6. The van der Waals surface area contributed by atoms with Crippen LogP contribution in [-0.4, -0.2) is 32.2 Å². The molecule has 0 spiro atoms. The van der Waals surface area contributed by atoms with Gasteiger partial charge in [0.15, 0.2) is 0 Å². The van der Waals surface area contributed by atoms with E-state index in [-0.39, 0.29) is 5.82 Å². The highest BCUT2D eigenvalue weighted by molar-refractivity contribution is 9.10. The molecular formula is C11H15BrFNO. The normalized spacial score (nSPS) is 11.0. The van der Waals surface area contributed by atoms with Gasteiger partial charge in [-0.15, -0.1) is 0 Å². The Morgan fingerprint density at radius 3 is 2.87 bits per heavy atom. The quantitative estimate of drug-likeness (QED) is 0.819. The zero-order valence-electron chi connectivity index (χ0n) is 8.96. The van der Waals surface area contributed by atoms with Gasteiger partial charge in [0.05, 0.1) is 11.1 Å². The Morgan fingerprint density at radius 1 is 1.47 bits per heavy atom. The van der Waals surface area contributed by atoms with Gasteiger partial charge >= 0.3 is 0 Å². The summed E-state index contributed by atoms with van der Waals surface area (Å²) < 4.78 is 18.7. The van der Waals surface area contributed by atoms with Crippen LogP contribution in [0.1, 0.15) is 5.56 Å². The molecule has 2 nitrogen and oxygen atoms in total. The SMILES string of the molecule is COCCN(C)Cc1cccc(F)c1Br. The molecule has 0 amide bonds. The molecule has 0 aliphatic carbocycles. The summed E-state index contributed by atoms with van der Waals surface area (Å²) in [5, 5.41) is 0. The summed E-state index contributed by atoms with van der Waals surface area (Å²) in [5.41, 5.74) is 0.952. The second kappa shape index (κ2) is 6.20. The van der Waals surface area contributed by atoms with Crippen molar-refractivity contribution in [3.8, 4) is 0 Å². The van der Waals surface area contributed by atoms with Crippen molar-refractivity contribution in [2.24, 2.45) is 0 Å². The van der Waals surface area contributed by atoms with E-state index in [0.717, 1.165) is 12.1 Å². The molecule has 0 bridgehead atoms. The molecule has 0 radical (unpaired) electrons. The molecule has 0 aromatic heterocycles. The molecule has 0 heterocycles. The van der Waals surface area contributed by atoms with E-state index in [2.05, 4.69) is 20.8 Å². The minimum atomic E-state index is -0.215. The van der Waals surface area contributed by atoms with E-state index in [1.807, 2.05) is 13.1 Å². The zero-order chi connectivity index (χ0) is 11.3. The van der Waals surface area contributed by atoms with Crippen molar-refractivity contribution >= 4 is 15.9 Å². The summed E-state index contributed by atoms with van der Waals surface area (Å²) in [5.74, 6) is -0.215. The van der Waals surface area contributed by atoms with E-state index in [0.29, 0.717) is 17.6 Å². The lowest BCUT2D eigenvalue weighted by atomic mass is 10.2. The topological polar surface area (TPSA) is 12.5 Å². The van der Waals surface area contributed by atoms with Gasteiger partial charge in [0.1, 0.15) is 5.82 Å². The van der Waals surface area contributed by atoms with E-state index in [4.69, 9.17) is 4.74 Å². The Labute approximate surface area is 98.2 Å². The van der Waals surface area contributed by atoms with Crippen molar-refractivity contribution in [2.45, 2.75) is 6.54 Å². The van der Waals surface area contributed by atoms with Gasteiger partial charge in [-0.2, -0.15) is 0 Å². The molecule has 0 aliphatic rings. The summed E-state index contributed by atoms with van der Waals surface area (Å²) >= 11 is 3.24. The maximum absolute atomic E-state index is 13.2. The maximum Gasteiger partial charge on any atom is 0.137 e. The number of hydrogen-bond donors (Lipinski definition) is 0. The first-order valence-corrected chi connectivity index (χ1v) is 5.55. The third-order valence-electron chi connectivity index (χ3n) is 2.15. The standard InChI is InChI=1S/C11H15BrFNO/c1-14(6-7-15-2)8-9-4-3-5-10(13)11(9)12/h3-5H,6-8H2,1-2H3. The second-order valence-corrected chi connectivity index (χ2v) is 4.24. The van der Waals surface area contributed by atoms with Gasteiger partial charge in [0, 0.05) is 20.2 Å². The van der Waals surface area contributed by atoms with E-state index in [1.165, 1.54) is 6.07 Å². The highest BCUT2D eigenvalue weighted by atomic mass is 79.9. The van der Waals surface area contributed by atoms with Crippen molar-refractivity contribution in [3.05, 3.63) is 34.1 Å². The van der Waals surface area contributed by atoms with Gasteiger partial charge in [0.25, 0.3) is 0 Å². The summed E-state index contributed by atoms with van der Waals surface area (Å²) in [4.78, 5) is 2.09. The van der Waals surface area contributed by atoms with Crippen LogP contribution in [-0.2, 0) is 11.3 Å². The van der Waals surface area contributed by atoms with Crippen LogP contribution >= 0.6 is 15.9 Å². The largest absolute Gasteiger partial charge is 0.383 e. The lowest BCUT2D eigenvalue weighted by molar-refractivity contribution is 0.158. The van der Waals surface area contributed by atoms with E-state index >= 15 is 0 Å². The van der Waals surface area contributed by atoms with Crippen LogP contribution in [0.2, 0.25) is 0 Å². The summed E-state index contributed by atoms with van der Waals surface area (Å²) in [6.07, 6.45) is 0. The van der Waals surface area contributed by atoms with E-state index in [1.54, 1.807) is 13.2 Å². The number of rotatable bonds is 5. The fourth-order valence-electron chi connectivity index (χ4n) is 1.29. The molecule has 15 heavy (non-hydrogen) atoms. The smallest absolute Gasteiger partial charge is 0.137 e. The molecule has 0 aliphatic heterocycles. The first-order valence-electron chi connectivity index (χ1n) is 4.75. The number of likely N-dealkylation sites (N-methyl/N-ethyl adjacent to an activating group) is 1. The fraction of sp³-hybridized carbons (Fsp3) is 0.455. The van der Waals surface area contributed by atoms with Crippen molar-refractivity contribution in [1.82, 2.24) is 4.90 Å². The maximum atomic E-state index is 13.2. The van der Waals surface area contributed by atoms with Crippen LogP contribution in [0, 0.1) is 5.82 Å². The average Bonchev–Trinajstić information content (AvgIpc) is 2.22. The molecule has 0 saturated heterocycles. The van der Waals surface area contributed by atoms with Crippen molar-refractivity contribution in [1.29, 1.82) is 0 Å². The third kappa shape index (κ3) is 3.89. The molecule has 1 aromatic carbocycles. The second-order valence-electron chi connectivity index (χ2n) is 3.44. The van der Waals surface area contributed by atoms with Gasteiger partial charge in [-0.1, -0.05) is 12.1 Å². The molecule has 1 aromatic rings. The average molecular weight is 276 g/mol. The molecule has 84 valence electrons. The number of ether oxygens (including phenoxy) is 1. The molecule has 0 unspecified atom stereocenters. The number of benzene rings is 1. The van der Waals surface area contributed by atoms with Gasteiger partial charge in [-0.05, 0) is 34.6 Å². The minimum Gasteiger partial charge on any atom is -0.383 e. The summed E-state index contributed by atoms with van der Waals surface area (Å²) in [7, 11) is 3.66. The van der Waals surface area contributed by atoms with E-state index < -0.39 is 0 Å². The fourth-order valence-corrected chi connectivity index (χ4v) is 1.68. The first kappa shape index (κ1) is 12.6. The van der Waals surface area contributed by atoms with Crippen molar-refractivity contribution in [2.75, 3.05) is 27.3 Å². The number of hydrogen-bond acceptors (Lipinski definition) is 2. The first-order chi connectivity index (χ1) is 7.15. The molecular weight excluding hydrogens is 261 g/mol. The predicted octanol–water partition coefficient (Wildman–Crippen LogP) is 2.67. The third-order valence-corrected chi connectivity index (χ3v) is 3.04. The van der Waals surface area contributed by atoms with Gasteiger partial charge in [0.2, 0.25) is 0 Å². The van der Waals surface area contributed by atoms with Crippen LogP contribution < -0.4 is 0 Å². The van der Waals surface area contributed by atoms with E-state index in [9.17, 15) is 4.39 Å². The predicted molar refractivity (Wildman–Crippen MR) is 62.3 cm³/mol. The Hall–Kier alpha value is -0.450. The number of methoxy groups -OCH3 is 1. The van der Waals surface area contributed by atoms with Crippen LogP contribution in [0.3, 0.4) is 0 Å². The summed E-state index contributed by atoms with van der Waals surface area (Å²) in [6, 6.07) is 5.08. The van der Waals surface area contributed by atoms with Crippen molar-refractivity contribution in [3.63, 3.8) is 0 Å². The Balaban J connectivity index is 2.60. The van der Waals surface area contributed by atoms with Gasteiger partial charge < -0.3 is 4.74 Å². The van der Waals surface area contributed by atoms with Gasteiger partial charge in [-0.25, -0.2) is 4.39 Å². The number of halogens is 2. The minimum absolute atomic E-state index is 0.215. The highest BCUT2D eigenvalue weighted by Gasteiger charge is 2.07. The van der Waals surface area contributed by atoms with Crippen molar-refractivity contribution < 1.29 is 9.13 Å². The molecule has 4 heteroatoms. The number of nitrogens with zero attached hydrogens (tertiary/aromatic N) is 1. The molecule has 0 fully saturated rings. The van der Waals surface area contributed by atoms with Crippen LogP contribution in [0.5, 0.6) is 0 Å². The van der Waals surface area contributed by atoms with Crippen LogP contribution in [0.15, 0.2) is 22.7 Å².